The van der Waals surface area contributed by atoms with E-state index in [9.17, 15) is 53.6 Å². The fourth-order valence-corrected chi connectivity index (χ4v) is 12.4. The molecular weight excluding hydrogens is 1180 g/mol. The molecule has 5 amide bonds. The number of ether oxygens (including phenoxy) is 3. The van der Waals surface area contributed by atoms with Crippen molar-refractivity contribution in [3.63, 3.8) is 0 Å². The van der Waals surface area contributed by atoms with Crippen molar-refractivity contribution in [1.82, 2.24) is 10.2 Å². The molecule has 6 aromatic carbocycles. The highest BCUT2D eigenvalue weighted by atomic mass is 19.1. The predicted molar refractivity (Wildman–Crippen MR) is 339 cm³/mol. The Balaban J connectivity index is 0.000000143. The van der Waals surface area contributed by atoms with E-state index in [1.165, 1.54) is 11.8 Å². The number of nitrogens with one attached hydrogen (secondary N) is 4. The molecule has 19 nitrogen and oxygen atoms in total. The second-order valence-electron chi connectivity index (χ2n) is 24.4. The lowest BCUT2D eigenvalue weighted by atomic mass is 9.44. The second-order valence-corrected chi connectivity index (χ2v) is 24.4. The largest absolute Gasteiger partial charge is 0.489 e. The van der Waals surface area contributed by atoms with Gasteiger partial charge >= 0.3 is 0 Å². The third-order valence-electron chi connectivity index (χ3n) is 18.0. The first-order valence-electron chi connectivity index (χ1n) is 31.2. The van der Waals surface area contributed by atoms with Crippen molar-refractivity contribution < 1.29 is 57.2 Å². The average molecular weight is 1250 g/mol. The quantitative estimate of drug-likeness (QED) is 0.0527. The third kappa shape index (κ3) is 15.2. The predicted octanol–water partition coefficient (Wildman–Crippen LogP) is 9.47. The van der Waals surface area contributed by atoms with Gasteiger partial charge in [0.05, 0.1) is 54.2 Å². The van der Waals surface area contributed by atoms with Crippen LogP contribution in [0.2, 0.25) is 0 Å². The highest BCUT2D eigenvalue weighted by molar-refractivity contribution is 5.97. The Hall–Kier alpha value is -9.72. The molecule has 92 heavy (non-hydrogen) atoms. The van der Waals surface area contributed by atoms with Crippen LogP contribution >= 0.6 is 0 Å². The molecule has 0 radical (unpaired) electrons. The van der Waals surface area contributed by atoms with Gasteiger partial charge in [-0.05, 0) is 150 Å². The molecule has 8 aliphatic rings. The van der Waals surface area contributed by atoms with Crippen molar-refractivity contribution in [3.05, 3.63) is 144 Å². The van der Waals surface area contributed by atoms with Crippen LogP contribution in [-0.2, 0) is 28.7 Å². The zero-order chi connectivity index (χ0) is 64.6. The SMILES string of the molecule is CC(=O)NC1C2CC1C2C(=O)Nc1cccc(-c2ccc(OC3CCOCC3)c(C#N)c2)c1.N#Cc1cc(-c2cccc(NC(=O)C3CC3)c2)ccc1N1CC[C@@H](O)C1.N#Cc1cc(-c2cccc(NC(=O)[C@H]3C[C@@H]3F)c2)ccc1O[C@H]1CCN(C(=O)CO)C[C@H]1F. The van der Waals surface area contributed by atoms with Crippen LogP contribution in [0.5, 0.6) is 11.5 Å². The Bertz CT molecular complexity index is 3880. The van der Waals surface area contributed by atoms with E-state index in [-0.39, 0.29) is 103 Å². The Morgan fingerprint density at radius 2 is 1.12 bits per heavy atom. The Morgan fingerprint density at radius 3 is 1.61 bits per heavy atom. The Kier molecular flexibility index (Phi) is 19.9. The molecule has 2 bridgehead atoms. The molecule has 5 saturated carbocycles. The average Bonchev–Trinajstić information content (AvgIpc) is 0.850. The summed E-state index contributed by atoms with van der Waals surface area (Å²) in [5.41, 5.74) is 9.35. The zero-order valence-corrected chi connectivity index (χ0v) is 50.7. The number of carbonyl (C=O) groups excluding carboxylic acids is 5. The minimum Gasteiger partial charge on any atom is -0.489 e. The number of nitrogens with zero attached hydrogens (tertiary/aromatic N) is 5. The van der Waals surface area contributed by atoms with Crippen molar-refractivity contribution in [2.24, 2.45) is 29.6 Å². The lowest BCUT2D eigenvalue weighted by Gasteiger charge is -2.63. The summed E-state index contributed by atoms with van der Waals surface area (Å²) in [5.74, 6) is 0.0230. The summed E-state index contributed by atoms with van der Waals surface area (Å²) in [4.78, 5) is 62.9. The number of aliphatic hydroxyl groups is 2. The highest BCUT2D eigenvalue weighted by Gasteiger charge is 2.64. The summed E-state index contributed by atoms with van der Waals surface area (Å²) in [6, 6.07) is 45.4. The van der Waals surface area contributed by atoms with Gasteiger partial charge in [0.1, 0.15) is 54.7 Å². The minimum atomic E-state index is -1.45. The number of amides is 5. The fourth-order valence-electron chi connectivity index (χ4n) is 12.4. The van der Waals surface area contributed by atoms with Crippen LogP contribution in [-0.4, -0.2) is 127 Å². The summed E-state index contributed by atoms with van der Waals surface area (Å²) in [5, 5.41) is 59.1. The van der Waals surface area contributed by atoms with Gasteiger partial charge in [0.25, 0.3) is 0 Å². The molecule has 6 N–H and O–H groups in total. The van der Waals surface area contributed by atoms with E-state index in [0.29, 0.717) is 47.9 Å². The molecule has 3 aliphatic heterocycles. The van der Waals surface area contributed by atoms with Gasteiger partial charge in [0.15, 0.2) is 6.17 Å². The zero-order valence-electron chi connectivity index (χ0n) is 50.7. The van der Waals surface area contributed by atoms with E-state index in [1.807, 2.05) is 91.0 Å². The number of hydrogen-bond donors (Lipinski definition) is 6. The number of rotatable bonds is 16. The van der Waals surface area contributed by atoms with Crippen molar-refractivity contribution in [3.8, 4) is 63.1 Å². The number of likely N-dealkylation sites (tertiary alicyclic amines) is 1. The monoisotopic (exact) mass is 1250 g/mol. The lowest BCUT2D eigenvalue weighted by molar-refractivity contribution is -0.163. The fraction of sp³-hybridized carbons (Fsp3) is 0.380. The first kappa shape index (κ1) is 63.8. The van der Waals surface area contributed by atoms with E-state index in [4.69, 9.17) is 19.3 Å². The molecule has 2 unspecified atom stereocenters. The maximum Gasteiger partial charge on any atom is 0.248 e. The van der Waals surface area contributed by atoms with Gasteiger partial charge in [-0.25, -0.2) is 8.78 Å². The van der Waals surface area contributed by atoms with Crippen LogP contribution in [0.15, 0.2) is 127 Å². The number of benzene rings is 6. The van der Waals surface area contributed by atoms with Crippen LogP contribution in [0, 0.1) is 63.6 Å². The first-order chi connectivity index (χ1) is 44.6. The van der Waals surface area contributed by atoms with Crippen LogP contribution < -0.4 is 35.6 Å². The van der Waals surface area contributed by atoms with Crippen molar-refractivity contribution in [1.29, 1.82) is 15.8 Å². The van der Waals surface area contributed by atoms with Crippen LogP contribution in [0.25, 0.3) is 33.4 Å². The number of alkyl halides is 2. The van der Waals surface area contributed by atoms with E-state index in [1.54, 1.807) is 36.4 Å². The molecule has 5 aliphatic carbocycles. The standard InChI is InChI=1S/C26H27N3O4.C24H23F2N3O4.C21H21N3O2/c1-15(30)28-25-21-13-22(25)24(21)26(31)29-19-4-2-3-16(12-19)17-5-6-23(18(11-17)14-27)33-20-7-9-32-10-8-20;25-19-10-18(19)24(32)28-17-3-1-2-14(9-17)15-4-5-21(16(8-15)11-27)33-22-6-7-29(12-20(22)26)23(31)13-30;22-12-17-10-16(6-7-20(17)24-9-8-19(25)13-24)15-2-1-3-18(11-15)23-21(26)14-4-5-14/h2-6,11-12,20-22,24-25H,7-10,13H2,1H3,(H,28,30)(H,29,31);1-5,8-9,18-20,22,30H,6-7,10,12-13H2,(H,28,32);1-3,6-7,10-11,14,19,25H,4-5,8-9,13H2,(H,23,26)/t;18-,19-,20+,22-;19-/m.01/s1. The van der Waals surface area contributed by atoms with E-state index >= 15 is 0 Å². The van der Waals surface area contributed by atoms with Gasteiger partial charge in [-0.1, -0.05) is 54.6 Å². The van der Waals surface area contributed by atoms with Crippen LogP contribution in [0.4, 0.5) is 31.5 Å². The van der Waals surface area contributed by atoms with Gasteiger partial charge in [-0.2, -0.15) is 15.8 Å². The van der Waals surface area contributed by atoms with Gasteiger partial charge in [0, 0.05) is 80.8 Å². The van der Waals surface area contributed by atoms with E-state index in [0.717, 1.165) is 89.9 Å². The first-order valence-corrected chi connectivity index (χ1v) is 31.2. The number of anilines is 4. The molecule has 0 aromatic heterocycles. The number of aliphatic hydroxyl groups excluding tert-OH is 2. The van der Waals surface area contributed by atoms with Gasteiger partial charge < -0.3 is 55.5 Å². The molecule has 21 heteroatoms. The molecule has 8 fully saturated rings. The summed E-state index contributed by atoms with van der Waals surface area (Å²) in [7, 11) is 0. The number of piperidine rings is 1. The van der Waals surface area contributed by atoms with Gasteiger partial charge in [0.2, 0.25) is 29.5 Å². The molecule has 14 rings (SSSR count). The summed E-state index contributed by atoms with van der Waals surface area (Å²) in [6.07, 6.45) is 2.21. The molecule has 3 heterocycles. The summed E-state index contributed by atoms with van der Waals surface area (Å²) >= 11 is 0. The second kappa shape index (κ2) is 28.6. The Labute approximate surface area is 531 Å². The van der Waals surface area contributed by atoms with Gasteiger partial charge in [-0.15, -0.1) is 0 Å². The van der Waals surface area contributed by atoms with Gasteiger partial charge in [-0.3, -0.25) is 24.0 Å². The van der Waals surface area contributed by atoms with Crippen LogP contribution in [0.3, 0.4) is 0 Å². The number of carbonyl (C=O) groups is 5. The molecule has 6 aromatic rings. The maximum atomic E-state index is 14.6. The lowest BCUT2D eigenvalue weighted by Crippen LogP contribution is -2.72. The Morgan fingerprint density at radius 1 is 0.598 bits per heavy atom. The van der Waals surface area contributed by atoms with Crippen LogP contribution in [0.1, 0.15) is 75.0 Å². The van der Waals surface area contributed by atoms with Crippen molar-refractivity contribution in [2.75, 3.05) is 66.8 Å². The van der Waals surface area contributed by atoms with E-state index < -0.39 is 36.9 Å². The maximum absolute atomic E-state index is 14.6. The number of halogens is 2. The molecule has 3 saturated heterocycles. The molecule has 0 spiro atoms. The van der Waals surface area contributed by atoms with Crippen molar-refractivity contribution in [2.45, 2.75) is 95.0 Å². The minimum absolute atomic E-state index is 0.00734. The normalized spacial score (nSPS) is 23.3. The highest BCUT2D eigenvalue weighted by Crippen LogP contribution is 2.59. The molecular formula is C71H71F2N9O10. The number of nitriles is 3. The molecule has 7 atom stereocenters. The van der Waals surface area contributed by atoms with Crippen molar-refractivity contribution >= 4 is 52.3 Å². The smallest absolute Gasteiger partial charge is 0.248 e. The topological polar surface area (TPSA) is 279 Å². The molecule has 474 valence electrons. The third-order valence-corrected chi connectivity index (χ3v) is 18.0. The summed E-state index contributed by atoms with van der Waals surface area (Å²) < 4.78 is 44.9. The van der Waals surface area contributed by atoms with E-state index in [2.05, 4.69) is 44.4 Å². The number of hydrogen-bond acceptors (Lipinski definition) is 14. The number of β-amino-alcohol motifs (C(OH)–C–C–N with tert-alkyl or cyclic N) is 1. The summed E-state index contributed by atoms with van der Waals surface area (Å²) in [6.45, 7) is 3.62.